The molecule has 0 unspecified atom stereocenters. The first-order valence-electron chi connectivity index (χ1n) is 8.12. The van der Waals surface area contributed by atoms with Crippen LogP contribution >= 0.6 is 11.6 Å². The maximum Gasteiger partial charge on any atom is 0.340 e. The third-order valence-electron chi connectivity index (χ3n) is 3.77. The number of hydrogen-bond acceptors (Lipinski definition) is 4. The highest BCUT2D eigenvalue weighted by molar-refractivity contribution is 6.33. The highest BCUT2D eigenvalue weighted by Gasteiger charge is 2.18. The molecule has 0 aliphatic carbocycles. The van der Waals surface area contributed by atoms with Gasteiger partial charge < -0.3 is 14.8 Å². The quantitative estimate of drug-likeness (QED) is 0.784. The Bertz CT molecular complexity index is 812. The van der Waals surface area contributed by atoms with Gasteiger partial charge in [0.05, 0.1) is 23.4 Å². The summed E-state index contributed by atoms with van der Waals surface area (Å²) in [6.07, 6.45) is 0. The summed E-state index contributed by atoms with van der Waals surface area (Å²) in [4.78, 5) is 24.2. The second kappa shape index (κ2) is 8.23. The van der Waals surface area contributed by atoms with Crippen molar-refractivity contribution in [1.82, 2.24) is 0 Å². The van der Waals surface area contributed by atoms with Gasteiger partial charge in [0.15, 0.2) is 6.61 Å². The van der Waals surface area contributed by atoms with E-state index < -0.39 is 18.5 Å². The summed E-state index contributed by atoms with van der Waals surface area (Å²) in [5.74, 6) is -0.584. The molecule has 26 heavy (non-hydrogen) atoms. The first-order valence-corrected chi connectivity index (χ1v) is 8.50. The molecule has 1 N–H and O–H groups in total. The van der Waals surface area contributed by atoms with E-state index in [0.717, 1.165) is 5.56 Å². The predicted octanol–water partition coefficient (Wildman–Crippen LogP) is 4.44. The lowest BCUT2D eigenvalue weighted by molar-refractivity contribution is -0.119. The fourth-order valence-corrected chi connectivity index (χ4v) is 2.51. The van der Waals surface area contributed by atoms with Gasteiger partial charge in [-0.15, -0.1) is 0 Å². The molecule has 0 heterocycles. The summed E-state index contributed by atoms with van der Waals surface area (Å²) in [7, 11) is 1.53. The van der Waals surface area contributed by atoms with Crippen molar-refractivity contribution in [2.75, 3.05) is 19.0 Å². The van der Waals surface area contributed by atoms with E-state index in [9.17, 15) is 9.59 Å². The van der Waals surface area contributed by atoms with Gasteiger partial charge in [-0.1, -0.05) is 50.6 Å². The summed E-state index contributed by atoms with van der Waals surface area (Å²) in [6.45, 7) is 5.80. The van der Waals surface area contributed by atoms with E-state index in [1.54, 1.807) is 30.3 Å². The Balaban J connectivity index is 2.05. The van der Waals surface area contributed by atoms with Crippen LogP contribution in [-0.2, 0) is 14.9 Å². The molecule has 5 nitrogen and oxygen atoms in total. The van der Waals surface area contributed by atoms with Gasteiger partial charge in [0.2, 0.25) is 0 Å². The Hall–Kier alpha value is -2.53. The molecule has 2 aromatic rings. The minimum Gasteiger partial charge on any atom is -0.495 e. The van der Waals surface area contributed by atoms with Crippen molar-refractivity contribution in [3.05, 3.63) is 58.6 Å². The van der Waals surface area contributed by atoms with Crippen molar-refractivity contribution < 1.29 is 19.1 Å². The summed E-state index contributed by atoms with van der Waals surface area (Å²) in [5.41, 5.74) is 1.71. The maximum atomic E-state index is 12.2. The van der Waals surface area contributed by atoms with Crippen LogP contribution in [0.1, 0.15) is 36.7 Å². The summed E-state index contributed by atoms with van der Waals surface area (Å²) in [5, 5.41) is 3.00. The Labute approximate surface area is 158 Å². The molecule has 6 heteroatoms. The molecule has 0 aliphatic heterocycles. The number of anilines is 1. The van der Waals surface area contributed by atoms with Crippen LogP contribution in [0.4, 0.5) is 5.69 Å². The Kier molecular flexibility index (Phi) is 6.27. The molecule has 0 bridgehead atoms. The fourth-order valence-electron chi connectivity index (χ4n) is 2.29. The highest BCUT2D eigenvalue weighted by atomic mass is 35.5. The molecular formula is C20H22ClNO4. The third kappa shape index (κ3) is 4.99. The Morgan fingerprint density at radius 1 is 1.12 bits per heavy atom. The van der Waals surface area contributed by atoms with Crippen LogP contribution in [-0.4, -0.2) is 25.6 Å². The van der Waals surface area contributed by atoms with Crippen molar-refractivity contribution in [2.45, 2.75) is 26.2 Å². The number of hydrogen-bond donors (Lipinski definition) is 1. The van der Waals surface area contributed by atoms with E-state index in [1.165, 1.54) is 7.11 Å². The molecule has 0 aromatic heterocycles. The Morgan fingerprint density at radius 2 is 1.81 bits per heavy atom. The number of rotatable bonds is 5. The van der Waals surface area contributed by atoms with Crippen LogP contribution in [0.2, 0.25) is 5.02 Å². The number of esters is 1. The monoisotopic (exact) mass is 375 g/mol. The van der Waals surface area contributed by atoms with Gasteiger partial charge in [-0.2, -0.15) is 0 Å². The van der Waals surface area contributed by atoms with Crippen LogP contribution in [0, 0.1) is 0 Å². The fraction of sp³-hybridized carbons (Fsp3) is 0.300. The van der Waals surface area contributed by atoms with Gasteiger partial charge in [-0.25, -0.2) is 4.79 Å². The molecule has 0 saturated heterocycles. The molecule has 2 rings (SSSR count). The lowest BCUT2D eigenvalue weighted by Crippen LogP contribution is -2.22. The van der Waals surface area contributed by atoms with Crippen LogP contribution in [0.3, 0.4) is 0 Å². The van der Waals surface area contributed by atoms with E-state index in [4.69, 9.17) is 21.1 Å². The average molecular weight is 376 g/mol. The maximum absolute atomic E-state index is 12.2. The zero-order chi connectivity index (χ0) is 19.3. The van der Waals surface area contributed by atoms with Gasteiger partial charge in [-0.3, -0.25) is 4.79 Å². The van der Waals surface area contributed by atoms with Gasteiger partial charge >= 0.3 is 5.97 Å². The van der Waals surface area contributed by atoms with Crippen LogP contribution in [0.5, 0.6) is 5.75 Å². The van der Waals surface area contributed by atoms with Gasteiger partial charge in [0.25, 0.3) is 5.91 Å². The standard InChI is InChI=1S/C20H22ClNO4/c1-20(2,3)13-9-10-17(25-4)16(11-13)22-18(23)12-26-19(24)14-7-5-6-8-15(14)21/h5-11H,12H2,1-4H3,(H,22,23). The van der Waals surface area contributed by atoms with Crippen LogP contribution in [0.15, 0.2) is 42.5 Å². The van der Waals surface area contributed by atoms with Gasteiger partial charge in [0.1, 0.15) is 5.75 Å². The second-order valence-electron chi connectivity index (χ2n) is 6.77. The topological polar surface area (TPSA) is 64.6 Å². The van der Waals surface area contributed by atoms with Crippen LogP contribution < -0.4 is 10.1 Å². The van der Waals surface area contributed by atoms with E-state index >= 15 is 0 Å². The van der Waals surface area contributed by atoms with Crippen molar-refractivity contribution in [2.24, 2.45) is 0 Å². The van der Waals surface area contributed by atoms with E-state index in [-0.39, 0.29) is 16.0 Å². The van der Waals surface area contributed by atoms with Gasteiger partial charge in [0, 0.05) is 0 Å². The van der Waals surface area contributed by atoms with E-state index in [1.807, 2.05) is 12.1 Å². The summed E-state index contributed by atoms with van der Waals surface area (Å²) >= 11 is 5.95. The molecular weight excluding hydrogens is 354 g/mol. The number of carbonyl (C=O) groups is 2. The molecule has 0 aliphatic rings. The number of halogens is 1. The Morgan fingerprint density at radius 3 is 2.42 bits per heavy atom. The molecule has 2 aromatic carbocycles. The molecule has 138 valence electrons. The zero-order valence-electron chi connectivity index (χ0n) is 15.3. The number of nitrogens with one attached hydrogen (secondary N) is 1. The van der Waals surface area contributed by atoms with Crippen molar-refractivity contribution in [3.8, 4) is 5.75 Å². The predicted molar refractivity (Wildman–Crippen MR) is 102 cm³/mol. The third-order valence-corrected chi connectivity index (χ3v) is 4.10. The summed E-state index contributed by atoms with van der Waals surface area (Å²) < 4.78 is 10.3. The number of ether oxygens (including phenoxy) is 2. The molecule has 0 radical (unpaired) electrons. The minimum atomic E-state index is -0.652. The van der Waals surface area contributed by atoms with Crippen molar-refractivity contribution in [1.29, 1.82) is 0 Å². The smallest absolute Gasteiger partial charge is 0.340 e. The lowest BCUT2D eigenvalue weighted by Gasteiger charge is -2.21. The van der Waals surface area contributed by atoms with Gasteiger partial charge in [-0.05, 0) is 35.2 Å². The molecule has 0 spiro atoms. The summed E-state index contributed by atoms with van der Waals surface area (Å²) in [6, 6.07) is 12.1. The number of amides is 1. The van der Waals surface area contributed by atoms with E-state index in [0.29, 0.717) is 11.4 Å². The normalized spacial score (nSPS) is 11.0. The largest absolute Gasteiger partial charge is 0.495 e. The van der Waals surface area contributed by atoms with Crippen molar-refractivity contribution in [3.63, 3.8) is 0 Å². The minimum absolute atomic E-state index is 0.0811. The van der Waals surface area contributed by atoms with Crippen LogP contribution in [0.25, 0.3) is 0 Å². The number of benzene rings is 2. The zero-order valence-corrected chi connectivity index (χ0v) is 16.0. The molecule has 0 atom stereocenters. The SMILES string of the molecule is COc1ccc(C(C)(C)C)cc1NC(=O)COC(=O)c1ccccc1Cl. The number of methoxy groups -OCH3 is 1. The first kappa shape index (κ1) is 19.8. The average Bonchev–Trinajstić information content (AvgIpc) is 2.59. The highest BCUT2D eigenvalue weighted by Crippen LogP contribution is 2.31. The first-order chi connectivity index (χ1) is 12.2. The lowest BCUT2D eigenvalue weighted by atomic mass is 9.87. The molecule has 0 fully saturated rings. The number of carbonyl (C=O) groups excluding carboxylic acids is 2. The second-order valence-corrected chi connectivity index (χ2v) is 7.18. The van der Waals surface area contributed by atoms with Crippen molar-refractivity contribution >= 4 is 29.2 Å². The van der Waals surface area contributed by atoms with E-state index in [2.05, 4.69) is 26.1 Å². The molecule has 0 saturated carbocycles. The molecule has 1 amide bonds.